The highest BCUT2D eigenvalue weighted by atomic mass is 16.5. The summed E-state index contributed by atoms with van der Waals surface area (Å²) in [5.74, 6) is -1.40. The van der Waals surface area contributed by atoms with Crippen molar-refractivity contribution in [1.82, 2.24) is 4.90 Å². The molecule has 1 atom stereocenters. The zero-order chi connectivity index (χ0) is 13.3. The smallest absolute Gasteiger partial charge is 0.329 e. The number of aliphatic carboxylic acids is 1. The Hall–Kier alpha value is -1.14. The normalized spacial score (nSPS) is 24.7. The fourth-order valence-corrected chi connectivity index (χ4v) is 1.93. The van der Waals surface area contributed by atoms with Crippen LogP contribution in [0.5, 0.6) is 0 Å². The van der Waals surface area contributed by atoms with E-state index in [2.05, 4.69) is 0 Å². The highest BCUT2D eigenvalue weighted by molar-refractivity contribution is 5.92. The van der Waals surface area contributed by atoms with Gasteiger partial charge in [-0.2, -0.15) is 0 Å². The molecule has 0 spiro atoms. The van der Waals surface area contributed by atoms with E-state index >= 15 is 0 Å². The number of carboxylic acid groups (broad SMARTS) is 1. The molecule has 0 saturated carbocycles. The summed E-state index contributed by atoms with van der Waals surface area (Å²) >= 11 is 0. The summed E-state index contributed by atoms with van der Waals surface area (Å²) in [6.45, 7) is 5.62. The Morgan fingerprint density at radius 1 is 1.53 bits per heavy atom. The first-order valence-corrected chi connectivity index (χ1v) is 5.68. The lowest BCUT2D eigenvalue weighted by atomic mass is 9.94. The second-order valence-corrected chi connectivity index (χ2v) is 4.87. The largest absolute Gasteiger partial charge is 0.480 e. The van der Waals surface area contributed by atoms with E-state index < -0.39 is 17.0 Å². The van der Waals surface area contributed by atoms with E-state index in [4.69, 9.17) is 15.6 Å². The van der Waals surface area contributed by atoms with E-state index in [-0.39, 0.29) is 12.5 Å². The van der Waals surface area contributed by atoms with E-state index in [9.17, 15) is 9.59 Å². The van der Waals surface area contributed by atoms with Crippen LogP contribution in [0, 0.1) is 0 Å². The third kappa shape index (κ3) is 2.42. The summed E-state index contributed by atoms with van der Waals surface area (Å²) in [7, 11) is 0. The Bertz CT molecular complexity index is 321. The monoisotopic (exact) mass is 244 g/mol. The van der Waals surface area contributed by atoms with E-state index in [0.29, 0.717) is 19.6 Å². The zero-order valence-corrected chi connectivity index (χ0v) is 10.5. The molecule has 1 rings (SSSR count). The number of nitrogens with two attached hydrogens (primary N) is 1. The molecule has 6 nitrogen and oxygen atoms in total. The summed E-state index contributed by atoms with van der Waals surface area (Å²) in [5, 5.41) is 9.15. The summed E-state index contributed by atoms with van der Waals surface area (Å²) in [4.78, 5) is 24.8. The van der Waals surface area contributed by atoms with Crippen LogP contribution in [-0.4, -0.2) is 52.7 Å². The highest BCUT2D eigenvalue weighted by Crippen LogP contribution is 2.24. The minimum Gasteiger partial charge on any atom is -0.480 e. The van der Waals surface area contributed by atoms with Gasteiger partial charge in [0.15, 0.2) is 0 Å². The molecule has 0 aliphatic carbocycles. The number of nitrogens with zero attached hydrogens (tertiary/aromatic N) is 1. The fourth-order valence-electron chi connectivity index (χ4n) is 1.93. The van der Waals surface area contributed by atoms with E-state index in [1.807, 2.05) is 0 Å². The number of amides is 1. The SMILES string of the molecule is CCN(C(=O)C1(N)CCOC1)C(C)(C)C(=O)O. The molecule has 1 amide bonds. The van der Waals surface area contributed by atoms with Gasteiger partial charge in [-0.15, -0.1) is 0 Å². The molecule has 0 aromatic heterocycles. The summed E-state index contributed by atoms with van der Waals surface area (Å²) in [5.41, 5.74) is 3.62. The quantitative estimate of drug-likeness (QED) is 0.715. The number of carboxylic acids is 1. The Morgan fingerprint density at radius 3 is 2.47 bits per heavy atom. The van der Waals surface area contributed by atoms with Crippen LogP contribution in [-0.2, 0) is 14.3 Å². The van der Waals surface area contributed by atoms with Crippen LogP contribution in [0.2, 0.25) is 0 Å². The maximum absolute atomic E-state index is 12.3. The molecule has 0 aromatic rings. The number of rotatable bonds is 4. The molecule has 1 aliphatic rings. The van der Waals surface area contributed by atoms with Crippen LogP contribution in [0.25, 0.3) is 0 Å². The Labute approximate surface area is 101 Å². The topological polar surface area (TPSA) is 92.9 Å². The zero-order valence-electron chi connectivity index (χ0n) is 10.5. The summed E-state index contributed by atoms with van der Waals surface area (Å²) in [6, 6.07) is 0. The van der Waals surface area contributed by atoms with Crippen molar-refractivity contribution in [2.45, 2.75) is 38.3 Å². The van der Waals surface area contributed by atoms with Gasteiger partial charge in [0, 0.05) is 13.2 Å². The van der Waals surface area contributed by atoms with Crippen molar-refractivity contribution < 1.29 is 19.4 Å². The third-order valence-corrected chi connectivity index (χ3v) is 3.24. The maximum Gasteiger partial charge on any atom is 0.329 e. The third-order valence-electron chi connectivity index (χ3n) is 3.24. The van der Waals surface area contributed by atoms with Crippen molar-refractivity contribution in [3.8, 4) is 0 Å². The van der Waals surface area contributed by atoms with Crippen molar-refractivity contribution in [3.05, 3.63) is 0 Å². The summed E-state index contributed by atoms with van der Waals surface area (Å²) in [6.07, 6.45) is 0.429. The van der Waals surface area contributed by atoms with Gasteiger partial charge in [0.25, 0.3) is 0 Å². The average Bonchev–Trinajstić information content (AvgIpc) is 2.66. The molecule has 1 fully saturated rings. The first-order valence-electron chi connectivity index (χ1n) is 5.68. The number of carbonyl (C=O) groups is 2. The molecular formula is C11H20N2O4. The van der Waals surface area contributed by atoms with Crippen LogP contribution in [0.3, 0.4) is 0 Å². The summed E-state index contributed by atoms with van der Waals surface area (Å²) < 4.78 is 5.13. The van der Waals surface area contributed by atoms with Gasteiger partial charge in [0.1, 0.15) is 11.1 Å². The molecule has 98 valence electrons. The highest BCUT2D eigenvalue weighted by Gasteiger charge is 2.46. The molecule has 0 bridgehead atoms. The van der Waals surface area contributed by atoms with Gasteiger partial charge in [0.05, 0.1) is 6.61 Å². The molecule has 0 radical (unpaired) electrons. The molecule has 1 aliphatic heterocycles. The number of ether oxygens (including phenoxy) is 1. The number of likely N-dealkylation sites (N-methyl/N-ethyl adjacent to an activating group) is 1. The second kappa shape index (κ2) is 4.62. The van der Waals surface area contributed by atoms with Gasteiger partial charge in [-0.3, -0.25) is 4.79 Å². The number of carbonyl (C=O) groups excluding carboxylic acids is 1. The minimum atomic E-state index is -1.26. The predicted octanol–water partition coefficient (Wildman–Crippen LogP) is -0.184. The van der Waals surface area contributed by atoms with Gasteiger partial charge in [-0.05, 0) is 27.2 Å². The van der Waals surface area contributed by atoms with Crippen LogP contribution in [0.15, 0.2) is 0 Å². The Balaban J connectivity index is 2.95. The molecule has 0 aromatic carbocycles. The fraction of sp³-hybridized carbons (Fsp3) is 0.818. The van der Waals surface area contributed by atoms with Gasteiger partial charge in [-0.1, -0.05) is 0 Å². The van der Waals surface area contributed by atoms with E-state index in [1.54, 1.807) is 6.92 Å². The van der Waals surface area contributed by atoms with Crippen molar-refractivity contribution in [1.29, 1.82) is 0 Å². The minimum absolute atomic E-state index is 0.151. The molecule has 3 N–H and O–H groups in total. The Morgan fingerprint density at radius 2 is 2.12 bits per heavy atom. The molecular weight excluding hydrogens is 224 g/mol. The lowest BCUT2D eigenvalue weighted by molar-refractivity contribution is -0.159. The first kappa shape index (κ1) is 13.9. The van der Waals surface area contributed by atoms with Crippen LogP contribution in [0.4, 0.5) is 0 Å². The van der Waals surface area contributed by atoms with Crippen molar-refractivity contribution >= 4 is 11.9 Å². The van der Waals surface area contributed by atoms with Crippen molar-refractivity contribution in [2.75, 3.05) is 19.8 Å². The van der Waals surface area contributed by atoms with Gasteiger partial charge >= 0.3 is 5.97 Å². The standard InChI is InChI=1S/C11H20N2O4/c1-4-13(10(2,3)9(15)16)8(14)11(12)5-6-17-7-11/h4-7,12H2,1-3H3,(H,15,16). The molecule has 1 saturated heterocycles. The lowest BCUT2D eigenvalue weighted by Gasteiger charge is -2.38. The molecule has 1 heterocycles. The van der Waals surface area contributed by atoms with Crippen molar-refractivity contribution in [3.63, 3.8) is 0 Å². The van der Waals surface area contributed by atoms with Gasteiger partial charge in [0.2, 0.25) is 5.91 Å². The average molecular weight is 244 g/mol. The van der Waals surface area contributed by atoms with Gasteiger partial charge in [-0.25, -0.2) is 4.79 Å². The van der Waals surface area contributed by atoms with E-state index in [1.165, 1.54) is 18.7 Å². The molecule has 17 heavy (non-hydrogen) atoms. The predicted molar refractivity (Wildman–Crippen MR) is 61.5 cm³/mol. The van der Waals surface area contributed by atoms with E-state index in [0.717, 1.165) is 0 Å². The molecule has 6 heteroatoms. The maximum atomic E-state index is 12.3. The van der Waals surface area contributed by atoms with Crippen LogP contribution >= 0.6 is 0 Å². The number of hydrogen-bond donors (Lipinski definition) is 2. The van der Waals surface area contributed by atoms with Crippen LogP contribution in [0.1, 0.15) is 27.2 Å². The van der Waals surface area contributed by atoms with Crippen LogP contribution < -0.4 is 5.73 Å². The molecule has 1 unspecified atom stereocenters. The lowest BCUT2D eigenvalue weighted by Crippen LogP contribution is -2.63. The number of hydrogen-bond acceptors (Lipinski definition) is 4. The van der Waals surface area contributed by atoms with Gasteiger partial charge < -0.3 is 20.5 Å². The first-order chi connectivity index (χ1) is 7.75. The van der Waals surface area contributed by atoms with Crippen molar-refractivity contribution in [2.24, 2.45) is 5.73 Å². The Kier molecular flexibility index (Phi) is 3.78. The second-order valence-electron chi connectivity index (χ2n) is 4.87.